The van der Waals surface area contributed by atoms with Crippen molar-refractivity contribution >= 4 is 11.9 Å². The van der Waals surface area contributed by atoms with Gasteiger partial charge >= 0.3 is 0 Å². The summed E-state index contributed by atoms with van der Waals surface area (Å²) in [6.07, 6.45) is -0.477. The molecule has 1 fully saturated rings. The predicted octanol–water partition coefficient (Wildman–Crippen LogP) is 0.166. The lowest BCUT2D eigenvalue weighted by Crippen LogP contribution is -2.42. The van der Waals surface area contributed by atoms with Crippen LogP contribution >= 0.6 is 0 Å². The normalized spacial score (nSPS) is 17.3. The predicted molar refractivity (Wildman–Crippen MR) is 90.0 cm³/mol. The molecule has 0 radical (unpaired) electrons. The first-order chi connectivity index (χ1) is 11.0. The molecule has 1 aromatic rings. The quantitative estimate of drug-likeness (QED) is 0.734. The number of anilines is 2. The zero-order chi connectivity index (χ0) is 16.8. The lowest BCUT2D eigenvalue weighted by molar-refractivity contribution is 0.0171. The van der Waals surface area contributed by atoms with Crippen molar-refractivity contribution in [3.8, 4) is 0 Å². The van der Waals surface area contributed by atoms with Crippen LogP contribution in [0.5, 0.6) is 0 Å². The maximum Gasteiger partial charge on any atom is 0.229 e. The van der Waals surface area contributed by atoms with Crippen molar-refractivity contribution in [3.63, 3.8) is 0 Å². The largest absolute Gasteiger partial charge is 0.390 e. The molecule has 0 saturated carbocycles. The number of hydrogen-bond acceptors (Lipinski definition) is 8. The fourth-order valence-electron chi connectivity index (χ4n) is 2.27. The standard InChI is InChI=1S/C15H28N6O2/c1-11(2)13-17-14(19-15(18-13)20(3)4)16-9-12(22)10-21-5-7-23-8-6-21/h11-12,22H,5-10H2,1-4H3,(H,16,17,18,19). The minimum Gasteiger partial charge on any atom is -0.390 e. The topological polar surface area (TPSA) is 86.6 Å². The molecule has 2 N–H and O–H groups in total. The molecule has 0 amide bonds. The number of nitrogens with one attached hydrogen (secondary N) is 1. The van der Waals surface area contributed by atoms with Gasteiger partial charge in [-0.15, -0.1) is 0 Å². The molecule has 1 unspecified atom stereocenters. The van der Waals surface area contributed by atoms with Crippen LogP contribution in [0.25, 0.3) is 0 Å². The summed E-state index contributed by atoms with van der Waals surface area (Å²) in [6.45, 7) is 8.33. The number of β-amino-alcohol motifs (C(OH)–C–C–N with tert-alkyl or cyclic N) is 1. The van der Waals surface area contributed by atoms with Gasteiger partial charge in [-0.25, -0.2) is 0 Å². The number of aliphatic hydroxyl groups excluding tert-OH is 1. The summed E-state index contributed by atoms with van der Waals surface area (Å²) in [5.74, 6) is 2.09. The molecule has 0 aliphatic carbocycles. The number of aromatic nitrogens is 3. The SMILES string of the molecule is CC(C)c1nc(NCC(O)CN2CCOCC2)nc(N(C)C)n1. The smallest absolute Gasteiger partial charge is 0.229 e. The van der Waals surface area contributed by atoms with Crippen molar-refractivity contribution in [3.05, 3.63) is 5.82 Å². The van der Waals surface area contributed by atoms with Gasteiger partial charge in [-0.3, -0.25) is 4.90 Å². The molecule has 8 heteroatoms. The number of morpholine rings is 1. The van der Waals surface area contributed by atoms with Gasteiger partial charge in [-0.2, -0.15) is 15.0 Å². The summed E-state index contributed by atoms with van der Waals surface area (Å²) in [6, 6.07) is 0. The summed E-state index contributed by atoms with van der Waals surface area (Å²) in [4.78, 5) is 17.3. The van der Waals surface area contributed by atoms with Gasteiger partial charge in [0.2, 0.25) is 11.9 Å². The first kappa shape index (κ1) is 17.8. The average Bonchev–Trinajstić information content (AvgIpc) is 2.53. The number of hydrogen-bond donors (Lipinski definition) is 2. The molecule has 23 heavy (non-hydrogen) atoms. The van der Waals surface area contributed by atoms with Crippen LogP contribution in [0.2, 0.25) is 0 Å². The van der Waals surface area contributed by atoms with Crippen molar-refractivity contribution in [1.82, 2.24) is 19.9 Å². The van der Waals surface area contributed by atoms with Crippen molar-refractivity contribution < 1.29 is 9.84 Å². The Morgan fingerprint density at radius 2 is 1.91 bits per heavy atom. The second-order valence-corrected chi connectivity index (χ2v) is 6.31. The zero-order valence-corrected chi connectivity index (χ0v) is 14.5. The lowest BCUT2D eigenvalue weighted by atomic mass is 10.2. The Hall–Kier alpha value is -1.51. The summed E-state index contributed by atoms with van der Waals surface area (Å²) in [5.41, 5.74) is 0. The molecule has 1 aliphatic rings. The van der Waals surface area contributed by atoms with Crippen LogP contribution in [0.15, 0.2) is 0 Å². The summed E-state index contributed by atoms with van der Waals surface area (Å²) < 4.78 is 5.31. The van der Waals surface area contributed by atoms with Crippen LogP contribution in [0.4, 0.5) is 11.9 Å². The molecule has 1 aliphatic heterocycles. The molecule has 0 spiro atoms. The number of aliphatic hydroxyl groups is 1. The Morgan fingerprint density at radius 1 is 1.22 bits per heavy atom. The highest BCUT2D eigenvalue weighted by molar-refractivity contribution is 5.36. The van der Waals surface area contributed by atoms with E-state index in [1.54, 1.807) is 0 Å². The van der Waals surface area contributed by atoms with Crippen molar-refractivity contribution in [2.75, 3.05) is 63.7 Å². The molecule has 1 atom stereocenters. The maximum atomic E-state index is 10.2. The lowest BCUT2D eigenvalue weighted by Gasteiger charge is -2.28. The molecule has 0 aromatic carbocycles. The van der Waals surface area contributed by atoms with E-state index in [0.29, 0.717) is 25.0 Å². The number of nitrogens with zero attached hydrogens (tertiary/aromatic N) is 5. The van der Waals surface area contributed by atoms with E-state index in [-0.39, 0.29) is 5.92 Å². The van der Waals surface area contributed by atoms with Crippen LogP contribution < -0.4 is 10.2 Å². The monoisotopic (exact) mass is 324 g/mol. The van der Waals surface area contributed by atoms with E-state index in [1.807, 2.05) is 32.8 Å². The summed E-state index contributed by atoms with van der Waals surface area (Å²) in [7, 11) is 3.80. The van der Waals surface area contributed by atoms with Gasteiger partial charge < -0.3 is 20.1 Å². The van der Waals surface area contributed by atoms with E-state index >= 15 is 0 Å². The highest BCUT2D eigenvalue weighted by Crippen LogP contribution is 2.14. The molecule has 1 saturated heterocycles. The van der Waals surface area contributed by atoms with E-state index in [2.05, 4.69) is 25.2 Å². The van der Waals surface area contributed by atoms with Crippen LogP contribution in [0.1, 0.15) is 25.6 Å². The highest BCUT2D eigenvalue weighted by atomic mass is 16.5. The van der Waals surface area contributed by atoms with Crippen LogP contribution in [0.3, 0.4) is 0 Å². The Kier molecular flexibility index (Phi) is 6.49. The van der Waals surface area contributed by atoms with E-state index in [4.69, 9.17) is 4.74 Å². The third-order valence-corrected chi connectivity index (χ3v) is 3.63. The van der Waals surface area contributed by atoms with Gasteiger partial charge in [0.15, 0.2) is 0 Å². The second-order valence-electron chi connectivity index (χ2n) is 6.31. The first-order valence-electron chi connectivity index (χ1n) is 8.11. The molecule has 130 valence electrons. The van der Waals surface area contributed by atoms with Gasteiger partial charge in [0, 0.05) is 46.2 Å². The Balaban J connectivity index is 1.93. The zero-order valence-electron chi connectivity index (χ0n) is 14.5. The van der Waals surface area contributed by atoms with Gasteiger partial charge in [-0.1, -0.05) is 13.8 Å². The fourth-order valence-corrected chi connectivity index (χ4v) is 2.27. The molecule has 0 bridgehead atoms. The number of ether oxygens (including phenoxy) is 1. The first-order valence-corrected chi connectivity index (χ1v) is 8.11. The van der Waals surface area contributed by atoms with Crippen LogP contribution in [-0.4, -0.2) is 84.6 Å². The van der Waals surface area contributed by atoms with Gasteiger partial charge in [0.25, 0.3) is 0 Å². The minimum atomic E-state index is -0.477. The third-order valence-electron chi connectivity index (χ3n) is 3.63. The second kappa shape index (κ2) is 8.37. The molecular formula is C15H28N6O2. The van der Waals surface area contributed by atoms with Crippen LogP contribution in [-0.2, 0) is 4.74 Å². The van der Waals surface area contributed by atoms with Crippen molar-refractivity contribution in [2.24, 2.45) is 0 Å². The Bertz CT molecular complexity index is 465. The highest BCUT2D eigenvalue weighted by Gasteiger charge is 2.16. The van der Waals surface area contributed by atoms with E-state index in [1.165, 1.54) is 0 Å². The molecular weight excluding hydrogens is 296 g/mol. The summed E-state index contributed by atoms with van der Waals surface area (Å²) >= 11 is 0. The average molecular weight is 324 g/mol. The maximum absolute atomic E-state index is 10.2. The van der Waals surface area contributed by atoms with Gasteiger partial charge in [0.05, 0.1) is 19.3 Å². The van der Waals surface area contributed by atoms with Crippen molar-refractivity contribution in [1.29, 1.82) is 0 Å². The van der Waals surface area contributed by atoms with E-state index in [9.17, 15) is 5.11 Å². The molecule has 8 nitrogen and oxygen atoms in total. The molecule has 1 aromatic heterocycles. The molecule has 2 rings (SSSR count). The third kappa shape index (κ3) is 5.56. The van der Waals surface area contributed by atoms with Gasteiger partial charge in [-0.05, 0) is 0 Å². The number of rotatable bonds is 7. The fraction of sp³-hybridized carbons (Fsp3) is 0.800. The van der Waals surface area contributed by atoms with Gasteiger partial charge in [0.1, 0.15) is 5.82 Å². The molecule has 2 heterocycles. The minimum absolute atomic E-state index is 0.218. The van der Waals surface area contributed by atoms with E-state index in [0.717, 1.165) is 32.1 Å². The Labute approximate surface area is 137 Å². The summed E-state index contributed by atoms with van der Waals surface area (Å²) in [5, 5.41) is 13.3. The Morgan fingerprint density at radius 3 is 2.52 bits per heavy atom. The van der Waals surface area contributed by atoms with Crippen LogP contribution in [0, 0.1) is 0 Å². The van der Waals surface area contributed by atoms with E-state index < -0.39 is 6.10 Å². The van der Waals surface area contributed by atoms with Crippen molar-refractivity contribution in [2.45, 2.75) is 25.9 Å².